The van der Waals surface area contributed by atoms with Crippen LogP contribution in [-0.2, 0) is 10.2 Å². The zero-order valence-electron chi connectivity index (χ0n) is 10.2. The van der Waals surface area contributed by atoms with E-state index in [1.54, 1.807) is 7.11 Å². The van der Waals surface area contributed by atoms with Crippen LogP contribution in [0.1, 0.15) is 37.3 Å². The number of aryl methyl sites for hydroxylation is 1. The molecule has 0 N–H and O–H groups in total. The number of benzene rings is 1. The average Bonchev–Trinajstić information content (AvgIpc) is 2.59. The molecule has 1 aromatic rings. The fraction of sp³-hybridized carbons (Fsp3) is 0.500. The van der Waals surface area contributed by atoms with Crippen LogP contribution in [0, 0.1) is 6.92 Å². The fourth-order valence-electron chi connectivity index (χ4n) is 2.55. The SMILES string of the molecule is COc1cc(C)ccc1C1(C)CCC(=O)C1. The van der Waals surface area contributed by atoms with Crippen molar-refractivity contribution < 1.29 is 9.53 Å². The van der Waals surface area contributed by atoms with Crippen LogP contribution in [-0.4, -0.2) is 12.9 Å². The maximum atomic E-state index is 11.5. The molecule has 0 aliphatic heterocycles. The molecule has 0 saturated heterocycles. The zero-order valence-corrected chi connectivity index (χ0v) is 10.2. The summed E-state index contributed by atoms with van der Waals surface area (Å²) in [6.45, 7) is 4.21. The lowest BCUT2D eigenvalue weighted by Gasteiger charge is -2.25. The Hall–Kier alpha value is -1.31. The molecule has 1 fully saturated rings. The van der Waals surface area contributed by atoms with Gasteiger partial charge >= 0.3 is 0 Å². The molecule has 1 saturated carbocycles. The van der Waals surface area contributed by atoms with Crippen molar-refractivity contribution >= 4 is 5.78 Å². The summed E-state index contributed by atoms with van der Waals surface area (Å²) in [7, 11) is 1.69. The summed E-state index contributed by atoms with van der Waals surface area (Å²) in [6.07, 6.45) is 2.28. The molecule has 1 aliphatic rings. The van der Waals surface area contributed by atoms with Crippen LogP contribution in [0.25, 0.3) is 0 Å². The average molecular weight is 218 g/mol. The minimum atomic E-state index is -0.0316. The Morgan fingerprint density at radius 1 is 1.38 bits per heavy atom. The van der Waals surface area contributed by atoms with Gasteiger partial charge in [0.25, 0.3) is 0 Å². The molecule has 0 bridgehead atoms. The Morgan fingerprint density at radius 3 is 2.69 bits per heavy atom. The number of hydrogen-bond donors (Lipinski definition) is 0. The predicted octanol–water partition coefficient (Wildman–Crippen LogP) is 3.01. The van der Waals surface area contributed by atoms with Crippen molar-refractivity contribution in [1.29, 1.82) is 0 Å². The lowest BCUT2D eigenvalue weighted by Crippen LogP contribution is -2.19. The van der Waals surface area contributed by atoms with Gasteiger partial charge in [-0.25, -0.2) is 0 Å². The Balaban J connectivity index is 2.43. The maximum Gasteiger partial charge on any atom is 0.133 e. The normalized spacial score (nSPS) is 24.8. The first-order chi connectivity index (χ1) is 7.55. The maximum absolute atomic E-state index is 11.5. The standard InChI is InChI=1S/C14H18O2/c1-10-4-5-12(13(8-10)16-3)14(2)7-6-11(15)9-14/h4-5,8H,6-7,9H2,1-3H3. The lowest BCUT2D eigenvalue weighted by molar-refractivity contribution is -0.117. The lowest BCUT2D eigenvalue weighted by atomic mass is 9.80. The van der Waals surface area contributed by atoms with Crippen LogP contribution in [0.5, 0.6) is 5.75 Å². The van der Waals surface area contributed by atoms with E-state index in [0.29, 0.717) is 18.6 Å². The van der Waals surface area contributed by atoms with Crippen LogP contribution in [0.15, 0.2) is 18.2 Å². The summed E-state index contributed by atoms with van der Waals surface area (Å²) in [5.41, 5.74) is 2.33. The molecule has 2 rings (SSSR count). The Bertz CT molecular complexity index is 423. The number of Topliss-reactive ketones (excluding diaryl/α,β-unsaturated/α-hetero) is 1. The van der Waals surface area contributed by atoms with E-state index in [0.717, 1.165) is 12.2 Å². The van der Waals surface area contributed by atoms with Crippen molar-refractivity contribution in [2.24, 2.45) is 0 Å². The molecule has 0 amide bonds. The van der Waals surface area contributed by atoms with Crippen LogP contribution >= 0.6 is 0 Å². The minimum absolute atomic E-state index is 0.0316. The molecule has 0 heterocycles. The van der Waals surface area contributed by atoms with Gasteiger partial charge in [0.15, 0.2) is 0 Å². The first kappa shape index (κ1) is 11.2. The van der Waals surface area contributed by atoms with E-state index in [2.05, 4.69) is 26.0 Å². The van der Waals surface area contributed by atoms with Gasteiger partial charge in [0.05, 0.1) is 7.11 Å². The topological polar surface area (TPSA) is 26.3 Å². The van der Waals surface area contributed by atoms with E-state index in [-0.39, 0.29) is 5.41 Å². The third-order valence-electron chi connectivity index (χ3n) is 3.55. The highest BCUT2D eigenvalue weighted by Gasteiger charge is 2.37. The molecule has 2 nitrogen and oxygen atoms in total. The number of ether oxygens (including phenoxy) is 1. The third kappa shape index (κ3) is 1.84. The molecular formula is C14H18O2. The number of methoxy groups -OCH3 is 1. The molecule has 1 aromatic carbocycles. The van der Waals surface area contributed by atoms with Crippen LogP contribution < -0.4 is 4.74 Å². The van der Waals surface area contributed by atoms with E-state index >= 15 is 0 Å². The molecule has 0 radical (unpaired) electrons. The molecule has 86 valence electrons. The summed E-state index contributed by atoms with van der Waals surface area (Å²) < 4.78 is 5.43. The van der Waals surface area contributed by atoms with Crippen molar-refractivity contribution in [2.45, 2.75) is 38.5 Å². The summed E-state index contributed by atoms with van der Waals surface area (Å²) in [4.78, 5) is 11.5. The summed E-state index contributed by atoms with van der Waals surface area (Å²) in [5.74, 6) is 1.28. The number of hydrogen-bond acceptors (Lipinski definition) is 2. The second-order valence-electron chi connectivity index (χ2n) is 4.98. The molecule has 1 aliphatic carbocycles. The van der Waals surface area contributed by atoms with Crippen LogP contribution in [0.3, 0.4) is 0 Å². The molecular weight excluding hydrogens is 200 g/mol. The largest absolute Gasteiger partial charge is 0.496 e. The Labute approximate surface area is 96.6 Å². The van der Waals surface area contributed by atoms with Crippen molar-refractivity contribution in [3.63, 3.8) is 0 Å². The molecule has 0 aromatic heterocycles. The van der Waals surface area contributed by atoms with E-state index in [4.69, 9.17) is 4.74 Å². The van der Waals surface area contributed by atoms with Gasteiger partial charge in [0.2, 0.25) is 0 Å². The fourth-order valence-corrected chi connectivity index (χ4v) is 2.55. The zero-order chi connectivity index (χ0) is 11.8. The highest BCUT2D eigenvalue weighted by atomic mass is 16.5. The van der Waals surface area contributed by atoms with Gasteiger partial charge in [-0.3, -0.25) is 4.79 Å². The Morgan fingerprint density at radius 2 is 2.12 bits per heavy atom. The number of carbonyl (C=O) groups excluding carboxylic acids is 1. The highest BCUT2D eigenvalue weighted by molar-refractivity contribution is 5.83. The van der Waals surface area contributed by atoms with Gasteiger partial charge < -0.3 is 4.74 Å². The van der Waals surface area contributed by atoms with Gasteiger partial charge in [0, 0.05) is 23.8 Å². The quantitative estimate of drug-likeness (QED) is 0.762. The predicted molar refractivity (Wildman–Crippen MR) is 63.9 cm³/mol. The van der Waals surface area contributed by atoms with Crippen LogP contribution in [0.2, 0.25) is 0 Å². The minimum Gasteiger partial charge on any atom is -0.496 e. The van der Waals surface area contributed by atoms with Crippen molar-refractivity contribution in [3.05, 3.63) is 29.3 Å². The smallest absolute Gasteiger partial charge is 0.133 e. The van der Waals surface area contributed by atoms with Gasteiger partial charge in [-0.1, -0.05) is 19.1 Å². The number of rotatable bonds is 2. The third-order valence-corrected chi connectivity index (χ3v) is 3.55. The molecule has 16 heavy (non-hydrogen) atoms. The second kappa shape index (κ2) is 3.93. The van der Waals surface area contributed by atoms with Gasteiger partial charge in [-0.2, -0.15) is 0 Å². The van der Waals surface area contributed by atoms with Gasteiger partial charge in [-0.15, -0.1) is 0 Å². The van der Waals surface area contributed by atoms with Crippen molar-refractivity contribution in [3.8, 4) is 5.75 Å². The number of ketones is 1. The van der Waals surface area contributed by atoms with E-state index in [1.165, 1.54) is 11.1 Å². The molecule has 0 spiro atoms. The van der Waals surface area contributed by atoms with E-state index in [1.807, 2.05) is 6.07 Å². The monoisotopic (exact) mass is 218 g/mol. The Kier molecular flexibility index (Phi) is 2.75. The van der Waals surface area contributed by atoms with E-state index in [9.17, 15) is 4.79 Å². The molecule has 1 unspecified atom stereocenters. The summed E-state index contributed by atoms with van der Waals surface area (Å²) in [5, 5.41) is 0. The molecule has 1 atom stereocenters. The summed E-state index contributed by atoms with van der Waals surface area (Å²) in [6, 6.07) is 6.24. The van der Waals surface area contributed by atoms with Crippen LogP contribution in [0.4, 0.5) is 0 Å². The van der Waals surface area contributed by atoms with Crippen molar-refractivity contribution in [1.82, 2.24) is 0 Å². The first-order valence-electron chi connectivity index (χ1n) is 5.72. The highest BCUT2D eigenvalue weighted by Crippen LogP contribution is 2.43. The first-order valence-corrected chi connectivity index (χ1v) is 5.72. The second-order valence-corrected chi connectivity index (χ2v) is 4.98. The van der Waals surface area contributed by atoms with Gasteiger partial charge in [0.1, 0.15) is 11.5 Å². The molecule has 2 heteroatoms. The summed E-state index contributed by atoms with van der Waals surface area (Å²) >= 11 is 0. The number of carbonyl (C=O) groups is 1. The van der Waals surface area contributed by atoms with E-state index < -0.39 is 0 Å². The van der Waals surface area contributed by atoms with Gasteiger partial charge in [-0.05, 0) is 25.0 Å². The van der Waals surface area contributed by atoms with Crippen molar-refractivity contribution in [2.75, 3.05) is 7.11 Å².